The molecule has 78 heavy (non-hydrogen) atoms. The summed E-state index contributed by atoms with van der Waals surface area (Å²) in [5.41, 5.74) is 7.93. The largest absolute Gasteiger partial charge is 0.508 e. The second-order valence-electron chi connectivity index (χ2n) is 18.5. The molecule has 0 aliphatic carbocycles. The molecule has 9 aromatic heterocycles. The van der Waals surface area contributed by atoms with E-state index in [-0.39, 0.29) is 17.2 Å². The molecule has 0 bridgehead atoms. The van der Waals surface area contributed by atoms with Crippen LogP contribution in [0.25, 0.3) is 101 Å². The van der Waals surface area contributed by atoms with E-state index in [9.17, 15) is 15.3 Å². The fourth-order valence-corrected chi connectivity index (χ4v) is 9.68. The number of furan rings is 3. The van der Waals surface area contributed by atoms with Gasteiger partial charge in [0.05, 0.1) is 55.8 Å². The lowest BCUT2D eigenvalue weighted by molar-refractivity contribution is 0.122. The molecule has 0 saturated carbocycles. The van der Waals surface area contributed by atoms with E-state index >= 15 is 0 Å². The maximum atomic E-state index is 9.83. The van der Waals surface area contributed by atoms with Crippen LogP contribution in [0.2, 0.25) is 0 Å². The van der Waals surface area contributed by atoms with E-state index in [1.165, 1.54) is 0 Å². The number of aromatic nitrogens is 9. The van der Waals surface area contributed by atoms with E-state index in [2.05, 4.69) is 29.7 Å². The van der Waals surface area contributed by atoms with Gasteiger partial charge in [0.1, 0.15) is 33.8 Å². The summed E-state index contributed by atoms with van der Waals surface area (Å²) in [6.45, 7) is 8.26. The zero-order valence-electron chi connectivity index (χ0n) is 41.8. The maximum absolute atomic E-state index is 9.83. The average molecular weight is 1050 g/mol. The fraction of sp³-hybridized carbons (Fsp3) is 0.211. The van der Waals surface area contributed by atoms with Gasteiger partial charge in [0.25, 0.3) is 0 Å². The first kappa shape index (κ1) is 48.1. The van der Waals surface area contributed by atoms with E-state index in [4.69, 9.17) is 57.4 Å². The van der Waals surface area contributed by atoms with Crippen LogP contribution in [-0.2, 0) is 14.2 Å². The molecule has 3 aromatic carbocycles. The molecule has 12 heterocycles. The molecule has 0 unspecified atom stereocenters. The molecule has 0 atom stereocenters. The van der Waals surface area contributed by atoms with Crippen LogP contribution in [0.3, 0.4) is 0 Å². The summed E-state index contributed by atoms with van der Waals surface area (Å²) in [4.78, 5) is 47.8. The van der Waals surface area contributed by atoms with Crippen molar-refractivity contribution in [1.29, 1.82) is 0 Å². The summed E-state index contributed by atoms with van der Waals surface area (Å²) < 4.78 is 34.3. The van der Waals surface area contributed by atoms with Crippen LogP contribution in [0.15, 0.2) is 141 Å². The zero-order valence-corrected chi connectivity index (χ0v) is 41.8. The number of hydrogen-bond donors (Lipinski definition) is 3. The van der Waals surface area contributed by atoms with Gasteiger partial charge in [-0.2, -0.15) is 0 Å². The van der Waals surface area contributed by atoms with Gasteiger partial charge in [-0.15, -0.1) is 0 Å². The van der Waals surface area contributed by atoms with Crippen molar-refractivity contribution in [2.45, 2.75) is 0 Å². The third-order valence-electron chi connectivity index (χ3n) is 13.5. The summed E-state index contributed by atoms with van der Waals surface area (Å²) in [5, 5.41) is 32.0. The van der Waals surface area contributed by atoms with Gasteiger partial charge < -0.3 is 57.5 Å². The number of pyridine rings is 3. The molecule has 3 saturated heterocycles. The van der Waals surface area contributed by atoms with Crippen molar-refractivity contribution in [3.63, 3.8) is 0 Å². The fourth-order valence-electron chi connectivity index (χ4n) is 9.68. The van der Waals surface area contributed by atoms with E-state index in [0.29, 0.717) is 91.0 Å². The Hall–Kier alpha value is -9.57. The molecular weight excluding hydrogens is 997 g/mol. The molecular formula is C57H48N12O9. The molecule has 0 amide bonds. The number of ether oxygens (including phenoxy) is 3. The first-order valence-electron chi connectivity index (χ1n) is 25.4. The van der Waals surface area contributed by atoms with Crippen LogP contribution >= 0.6 is 0 Å². The maximum Gasteiger partial charge on any atom is 0.229 e. The Labute approximate surface area is 443 Å². The van der Waals surface area contributed by atoms with Crippen molar-refractivity contribution in [1.82, 2.24) is 44.9 Å². The van der Waals surface area contributed by atoms with E-state index in [0.717, 1.165) is 106 Å². The number of fused-ring (bicyclic) bond motifs is 9. The minimum absolute atomic E-state index is 0.179. The Kier molecular flexibility index (Phi) is 12.9. The molecule has 15 rings (SSSR count). The molecule has 12 aromatic rings. The van der Waals surface area contributed by atoms with Gasteiger partial charge in [0, 0.05) is 74.5 Å². The second kappa shape index (κ2) is 20.9. The van der Waals surface area contributed by atoms with E-state index in [1.54, 1.807) is 73.2 Å². The number of anilines is 3. The van der Waals surface area contributed by atoms with Crippen molar-refractivity contribution in [3.05, 3.63) is 128 Å². The van der Waals surface area contributed by atoms with Gasteiger partial charge >= 0.3 is 0 Å². The Morgan fingerprint density at radius 2 is 0.641 bits per heavy atom. The number of phenols is 3. The first-order valence-corrected chi connectivity index (χ1v) is 25.4. The highest BCUT2D eigenvalue weighted by atomic mass is 16.5. The summed E-state index contributed by atoms with van der Waals surface area (Å²) in [5.74, 6) is 4.36. The molecule has 3 fully saturated rings. The van der Waals surface area contributed by atoms with Gasteiger partial charge in [0.15, 0.2) is 51.7 Å². The molecule has 390 valence electrons. The van der Waals surface area contributed by atoms with Crippen molar-refractivity contribution in [2.24, 2.45) is 0 Å². The number of aromatic hydroxyl groups is 3. The summed E-state index contributed by atoms with van der Waals surface area (Å²) >= 11 is 0. The van der Waals surface area contributed by atoms with Crippen molar-refractivity contribution in [3.8, 4) is 51.4 Å². The molecule has 0 spiro atoms. The van der Waals surface area contributed by atoms with Crippen LogP contribution in [0.5, 0.6) is 17.2 Å². The topological polar surface area (TPSA) is 254 Å². The monoisotopic (exact) mass is 1040 g/mol. The second-order valence-corrected chi connectivity index (χ2v) is 18.5. The van der Waals surface area contributed by atoms with Crippen LogP contribution in [0.1, 0.15) is 0 Å². The highest BCUT2D eigenvalue weighted by Crippen LogP contribution is 2.38. The summed E-state index contributed by atoms with van der Waals surface area (Å²) in [6.07, 6.45) is 5.09. The van der Waals surface area contributed by atoms with Gasteiger partial charge in [-0.1, -0.05) is 36.4 Å². The van der Waals surface area contributed by atoms with E-state index < -0.39 is 0 Å². The zero-order chi connectivity index (χ0) is 52.5. The minimum Gasteiger partial charge on any atom is -0.508 e. The number of rotatable bonds is 6. The van der Waals surface area contributed by atoms with Gasteiger partial charge in [-0.05, 0) is 72.8 Å². The smallest absolute Gasteiger partial charge is 0.229 e. The van der Waals surface area contributed by atoms with Crippen LogP contribution in [0, 0.1) is 0 Å². The number of morpholine rings is 3. The Morgan fingerprint density at radius 1 is 0.346 bits per heavy atom. The molecule has 3 aliphatic heterocycles. The Balaban J connectivity index is 0.000000111. The lowest BCUT2D eigenvalue weighted by Crippen LogP contribution is -2.37. The molecule has 0 radical (unpaired) electrons. The van der Waals surface area contributed by atoms with Crippen molar-refractivity contribution >= 4 is 84.1 Å². The number of benzene rings is 3. The van der Waals surface area contributed by atoms with Crippen LogP contribution in [0.4, 0.5) is 17.5 Å². The molecule has 21 nitrogen and oxygen atoms in total. The lowest BCUT2D eigenvalue weighted by Gasteiger charge is -2.27. The number of phenolic OH excluding ortho intramolecular Hbond substituents is 3. The van der Waals surface area contributed by atoms with Crippen molar-refractivity contribution < 1.29 is 42.8 Å². The van der Waals surface area contributed by atoms with Crippen molar-refractivity contribution in [2.75, 3.05) is 93.6 Å². The predicted molar refractivity (Wildman–Crippen MR) is 292 cm³/mol. The molecule has 3 aliphatic rings. The van der Waals surface area contributed by atoms with Gasteiger partial charge in [0.2, 0.25) is 17.1 Å². The SMILES string of the molecule is Oc1cccc(-c2nc(N3CCOCC3)c3oc4ncccc4c3n2)c1.Oc1cccc(-c2nc(N3CCOCC3)c3oc4ncccc4c3n2)c1.Oc1cccc(-c2nc(N3CCOCC3)c3oc4ncccc4c3n2)c1. The summed E-state index contributed by atoms with van der Waals surface area (Å²) in [6, 6.07) is 32.2. The standard InChI is InChI=1S/3C19H16N4O3/c3*24-13-4-1-3-12(11-13)17-21-15-14-5-2-6-20-19(14)26-16(15)18(22-17)23-7-9-25-10-8-23/h3*1-6,11,24H,7-10H2. The molecule has 21 heteroatoms. The van der Waals surface area contributed by atoms with Crippen LogP contribution < -0.4 is 14.7 Å². The third kappa shape index (κ3) is 9.46. The predicted octanol–water partition coefficient (Wildman–Crippen LogP) is 8.94. The highest BCUT2D eigenvalue weighted by molar-refractivity contribution is 6.07. The normalized spacial score (nSPS) is 15.0. The summed E-state index contributed by atoms with van der Waals surface area (Å²) in [7, 11) is 0. The van der Waals surface area contributed by atoms with Crippen LogP contribution in [-0.4, -0.2) is 139 Å². The third-order valence-corrected chi connectivity index (χ3v) is 13.5. The average Bonchev–Trinajstić information content (AvgIpc) is 4.37. The highest BCUT2D eigenvalue weighted by Gasteiger charge is 2.26. The Morgan fingerprint density at radius 3 is 0.923 bits per heavy atom. The van der Waals surface area contributed by atoms with E-state index in [1.807, 2.05) is 54.6 Å². The quantitative estimate of drug-likeness (QED) is 0.140. The van der Waals surface area contributed by atoms with Gasteiger partial charge in [-0.3, -0.25) is 0 Å². The molecule has 3 N–H and O–H groups in total. The minimum atomic E-state index is 0.179. The Bertz CT molecular complexity index is 3730. The lowest BCUT2D eigenvalue weighted by atomic mass is 10.2. The first-order chi connectivity index (χ1) is 38.4. The van der Waals surface area contributed by atoms with Gasteiger partial charge in [-0.25, -0.2) is 44.9 Å². The number of nitrogens with zero attached hydrogens (tertiary/aromatic N) is 12. The number of hydrogen-bond acceptors (Lipinski definition) is 21.